The van der Waals surface area contributed by atoms with Crippen molar-refractivity contribution in [1.82, 2.24) is 10.6 Å². The first-order valence-corrected chi connectivity index (χ1v) is 8.00. The van der Waals surface area contributed by atoms with Crippen LogP contribution >= 0.6 is 0 Å². The minimum absolute atomic E-state index is 0.133. The Labute approximate surface area is 123 Å². The van der Waals surface area contributed by atoms with Crippen molar-refractivity contribution in [2.24, 2.45) is 0 Å². The summed E-state index contributed by atoms with van der Waals surface area (Å²) in [5.74, 6) is 2.23. The summed E-state index contributed by atoms with van der Waals surface area (Å²) >= 11 is 0. The molecule has 0 amide bonds. The highest BCUT2D eigenvalue weighted by atomic mass is 16.3. The summed E-state index contributed by atoms with van der Waals surface area (Å²) < 4.78 is 5.97. The highest BCUT2D eigenvalue weighted by Crippen LogP contribution is 2.19. The molecule has 1 fully saturated rings. The molecular formula is C17H30N2O. The van der Waals surface area contributed by atoms with Gasteiger partial charge in [0.1, 0.15) is 11.5 Å². The largest absolute Gasteiger partial charge is 0.464 e. The minimum Gasteiger partial charge on any atom is -0.464 e. The van der Waals surface area contributed by atoms with Gasteiger partial charge in [0, 0.05) is 18.0 Å². The fourth-order valence-corrected chi connectivity index (χ4v) is 2.25. The molecule has 1 aromatic rings. The molecule has 0 radical (unpaired) electrons. The second-order valence-electron chi connectivity index (χ2n) is 7.11. The van der Waals surface area contributed by atoms with Crippen LogP contribution in [-0.2, 0) is 13.0 Å². The van der Waals surface area contributed by atoms with E-state index in [2.05, 4.69) is 44.4 Å². The normalized spacial score (nSPS) is 15.8. The minimum atomic E-state index is 0.133. The maximum atomic E-state index is 5.97. The molecule has 1 saturated carbocycles. The third-order valence-corrected chi connectivity index (χ3v) is 3.71. The van der Waals surface area contributed by atoms with Crippen molar-refractivity contribution in [2.75, 3.05) is 6.54 Å². The van der Waals surface area contributed by atoms with Crippen molar-refractivity contribution in [1.29, 1.82) is 0 Å². The van der Waals surface area contributed by atoms with Crippen LogP contribution in [0.25, 0.3) is 0 Å². The maximum absolute atomic E-state index is 5.97. The lowest BCUT2D eigenvalue weighted by atomic mass is 10.1. The zero-order valence-electron chi connectivity index (χ0n) is 13.5. The Bertz CT molecular complexity index is 413. The molecule has 0 spiro atoms. The van der Waals surface area contributed by atoms with Gasteiger partial charge in [-0.05, 0) is 71.6 Å². The smallest absolute Gasteiger partial charge is 0.120 e. The maximum Gasteiger partial charge on any atom is 0.120 e. The van der Waals surface area contributed by atoms with E-state index in [0.717, 1.165) is 37.1 Å². The lowest BCUT2D eigenvalue weighted by Gasteiger charge is -2.19. The Kier molecular flexibility index (Phi) is 5.28. The van der Waals surface area contributed by atoms with Gasteiger partial charge in [-0.15, -0.1) is 0 Å². The summed E-state index contributed by atoms with van der Waals surface area (Å²) in [4.78, 5) is 0. The third-order valence-electron chi connectivity index (χ3n) is 3.71. The number of furan rings is 1. The van der Waals surface area contributed by atoms with E-state index in [1.54, 1.807) is 0 Å². The van der Waals surface area contributed by atoms with Gasteiger partial charge < -0.3 is 15.1 Å². The molecule has 2 rings (SSSR count). The van der Waals surface area contributed by atoms with Crippen LogP contribution < -0.4 is 10.6 Å². The second-order valence-corrected chi connectivity index (χ2v) is 7.11. The van der Waals surface area contributed by atoms with Crippen molar-refractivity contribution in [3.63, 3.8) is 0 Å². The molecule has 0 bridgehead atoms. The van der Waals surface area contributed by atoms with Gasteiger partial charge in [-0.3, -0.25) is 0 Å². The van der Waals surface area contributed by atoms with E-state index in [9.17, 15) is 0 Å². The monoisotopic (exact) mass is 278 g/mol. The summed E-state index contributed by atoms with van der Waals surface area (Å²) in [7, 11) is 0. The molecule has 1 aliphatic carbocycles. The predicted octanol–water partition coefficient (Wildman–Crippen LogP) is 3.55. The van der Waals surface area contributed by atoms with Crippen molar-refractivity contribution in [3.8, 4) is 0 Å². The van der Waals surface area contributed by atoms with Crippen LogP contribution in [0, 0.1) is 6.92 Å². The quantitative estimate of drug-likeness (QED) is 0.714. The molecule has 114 valence electrons. The lowest BCUT2D eigenvalue weighted by Crippen LogP contribution is -2.35. The average Bonchev–Trinajstić information content (AvgIpc) is 3.10. The molecule has 0 aromatic carbocycles. The highest BCUT2D eigenvalue weighted by molar-refractivity contribution is 5.20. The van der Waals surface area contributed by atoms with Crippen LogP contribution in [-0.4, -0.2) is 18.1 Å². The van der Waals surface area contributed by atoms with Crippen LogP contribution in [0.4, 0.5) is 0 Å². The van der Waals surface area contributed by atoms with E-state index < -0.39 is 0 Å². The van der Waals surface area contributed by atoms with Crippen LogP contribution in [0.2, 0.25) is 0 Å². The zero-order chi connectivity index (χ0) is 14.6. The molecule has 1 aliphatic rings. The second kappa shape index (κ2) is 6.77. The number of unbranched alkanes of at least 4 members (excludes halogenated alkanes) is 1. The summed E-state index contributed by atoms with van der Waals surface area (Å²) in [5.41, 5.74) is 1.40. The molecule has 0 aliphatic heterocycles. The zero-order valence-corrected chi connectivity index (χ0v) is 13.5. The van der Waals surface area contributed by atoms with Crippen LogP contribution in [0.1, 0.15) is 63.5 Å². The number of hydrogen-bond acceptors (Lipinski definition) is 3. The fourth-order valence-electron chi connectivity index (χ4n) is 2.25. The summed E-state index contributed by atoms with van der Waals surface area (Å²) in [6.07, 6.45) is 6.26. The Morgan fingerprint density at radius 1 is 1.25 bits per heavy atom. The first-order valence-electron chi connectivity index (χ1n) is 8.00. The molecule has 20 heavy (non-hydrogen) atoms. The van der Waals surface area contributed by atoms with Gasteiger partial charge in [0.2, 0.25) is 0 Å². The average molecular weight is 278 g/mol. The number of aryl methyl sites for hydroxylation is 2. The van der Waals surface area contributed by atoms with Gasteiger partial charge in [0.15, 0.2) is 0 Å². The van der Waals surface area contributed by atoms with E-state index in [0.29, 0.717) is 0 Å². The van der Waals surface area contributed by atoms with Gasteiger partial charge in [-0.1, -0.05) is 0 Å². The highest BCUT2D eigenvalue weighted by Gasteiger charge is 2.19. The van der Waals surface area contributed by atoms with Gasteiger partial charge in [0.05, 0.1) is 6.54 Å². The Balaban J connectivity index is 1.69. The van der Waals surface area contributed by atoms with E-state index in [-0.39, 0.29) is 5.54 Å². The van der Waals surface area contributed by atoms with Gasteiger partial charge in [-0.2, -0.15) is 0 Å². The van der Waals surface area contributed by atoms with Crippen LogP contribution in [0.3, 0.4) is 0 Å². The van der Waals surface area contributed by atoms with E-state index in [1.807, 2.05) is 0 Å². The summed E-state index contributed by atoms with van der Waals surface area (Å²) in [6.45, 7) is 10.7. The molecular weight excluding hydrogens is 248 g/mol. The van der Waals surface area contributed by atoms with E-state index in [1.165, 1.54) is 31.2 Å². The standard InChI is InChI=1S/C17H30N2O/c1-13-11-15(7-5-6-10-18-14-8-9-14)20-16(13)12-19-17(2,3)4/h11,14,18-19H,5-10,12H2,1-4H3. The summed E-state index contributed by atoms with van der Waals surface area (Å²) in [6, 6.07) is 3.03. The van der Waals surface area contributed by atoms with Crippen molar-refractivity contribution >= 4 is 0 Å². The van der Waals surface area contributed by atoms with Crippen molar-refractivity contribution in [2.45, 2.75) is 77.9 Å². The fraction of sp³-hybridized carbons (Fsp3) is 0.765. The molecule has 0 saturated heterocycles. The number of nitrogens with one attached hydrogen (secondary N) is 2. The van der Waals surface area contributed by atoms with Crippen LogP contribution in [0.15, 0.2) is 10.5 Å². The predicted molar refractivity (Wildman–Crippen MR) is 84.0 cm³/mol. The first-order chi connectivity index (χ1) is 9.44. The number of hydrogen-bond donors (Lipinski definition) is 2. The van der Waals surface area contributed by atoms with Crippen molar-refractivity contribution in [3.05, 3.63) is 23.2 Å². The van der Waals surface area contributed by atoms with Gasteiger partial charge in [-0.25, -0.2) is 0 Å². The molecule has 1 heterocycles. The summed E-state index contributed by atoms with van der Waals surface area (Å²) in [5, 5.41) is 7.04. The number of rotatable bonds is 8. The topological polar surface area (TPSA) is 37.2 Å². The van der Waals surface area contributed by atoms with Gasteiger partial charge >= 0.3 is 0 Å². The van der Waals surface area contributed by atoms with Crippen LogP contribution in [0.5, 0.6) is 0 Å². The molecule has 0 unspecified atom stereocenters. The molecule has 3 nitrogen and oxygen atoms in total. The van der Waals surface area contributed by atoms with E-state index >= 15 is 0 Å². The Hall–Kier alpha value is -0.800. The third kappa shape index (κ3) is 5.68. The van der Waals surface area contributed by atoms with E-state index in [4.69, 9.17) is 4.42 Å². The molecule has 3 heteroatoms. The lowest BCUT2D eigenvalue weighted by molar-refractivity contribution is 0.376. The molecule has 1 aromatic heterocycles. The van der Waals surface area contributed by atoms with Crippen molar-refractivity contribution < 1.29 is 4.42 Å². The molecule has 0 atom stereocenters. The SMILES string of the molecule is Cc1cc(CCCCNC2CC2)oc1CNC(C)(C)C. The van der Waals surface area contributed by atoms with Gasteiger partial charge in [0.25, 0.3) is 0 Å². The Morgan fingerprint density at radius 2 is 2.00 bits per heavy atom. The molecule has 2 N–H and O–H groups in total. The first kappa shape index (κ1) is 15.6. The Morgan fingerprint density at radius 3 is 2.65 bits per heavy atom.